The van der Waals surface area contributed by atoms with Crippen molar-refractivity contribution in [2.24, 2.45) is 0 Å². The quantitative estimate of drug-likeness (QED) is 0.174. The number of para-hydroxylation sites is 3. The third-order valence-electron chi connectivity index (χ3n) is 14.4. The maximum absolute atomic E-state index is 6.66. The molecule has 2 heteroatoms. The van der Waals surface area contributed by atoms with E-state index in [4.69, 9.17) is 4.42 Å². The molecule has 13 rings (SSSR count). The topological polar surface area (TPSA) is 18.1 Å². The summed E-state index contributed by atoms with van der Waals surface area (Å²) in [6.45, 7) is 9.44. The lowest BCUT2D eigenvalue weighted by Gasteiger charge is -2.22. The fourth-order valence-corrected chi connectivity index (χ4v) is 11.2. The molecular weight excluding hydrogens is 751 g/mol. The maximum Gasteiger partial charge on any atom is 0.143 e. The molecule has 0 unspecified atom stereocenters. The molecule has 0 fully saturated rings. The van der Waals surface area contributed by atoms with Crippen molar-refractivity contribution in [1.82, 2.24) is 4.57 Å². The van der Waals surface area contributed by atoms with E-state index in [0.717, 1.165) is 33.1 Å². The zero-order chi connectivity index (χ0) is 41.5. The Morgan fingerprint density at radius 3 is 1.63 bits per heavy atom. The van der Waals surface area contributed by atoms with Gasteiger partial charge in [-0.15, -0.1) is 0 Å². The summed E-state index contributed by atoms with van der Waals surface area (Å²) >= 11 is 0. The fourth-order valence-electron chi connectivity index (χ4n) is 11.2. The van der Waals surface area contributed by atoms with Gasteiger partial charge >= 0.3 is 0 Å². The van der Waals surface area contributed by atoms with Crippen molar-refractivity contribution in [1.29, 1.82) is 0 Å². The van der Waals surface area contributed by atoms with E-state index >= 15 is 0 Å². The number of benzene rings is 9. The van der Waals surface area contributed by atoms with Gasteiger partial charge < -0.3 is 8.98 Å². The van der Waals surface area contributed by atoms with E-state index in [1.165, 1.54) is 94.3 Å². The molecule has 0 radical (unpaired) electrons. The van der Waals surface area contributed by atoms with Gasteiger partial charge in [0.25, 0.3) is 0 Å². The van der Waals surface area contributed by atoms with Gasteiger partial charge in [0.15, 0.2) is 0 Å². The van der Waals surface area contributed by atoms with Crippen molar-refractivity contribution in [3.05, 3.63) is 210 Å². The first-order valence-corrected chi connectivity index (χ1v) is 21.8. The van der Waals surface area contributed by atoms with Gasteiger partial charge in [0.1, 0.15) is 11.2 Å². The average molecular weight is 794 g/mol. The Labute approximate surface area is 361 Å². The Hall–Kier alpha value is -7.42. The number of rotatable bonds is 4. The van der Waals surface area contributed by atoms with E-state index in [-0.39, 0.29) is 10.8 Å². The molecular formula is C60H43NO. The molecule has 9 aromatic carbocycles. The Morgan fingerprint density at radius 1 is 0.339 bits per heavy atom. The number of hydrogen-bond acceptors (Lipinski definition) is 1. The summed E-state index contributed by atoms with van der Waals surface area (Å²) < 4.78 is 9.12. The average Bonchev–Trinajstić information content (AvgIpc) is 3.99. The van der Waals surface area contributed by atoms with Gasteiger partial charge in [-0.05, 0) is 133 Å². The van der Waals surface area contributed by atoms with E-state index in [9.17, 15) is 0 Å². The zero-order valence-corrected chi connectivity index (χ0v) is 35.3. The van der Waals surface area contributed by atoms with Gasteiger partial charge in [-0.3, -0.25) is 0 Å². The van der Waals surface area contributed by atoms with Gasteiger partial charge in [0.05, 0.1) is 11.0 Å². The number of furan rings is 1. The first-order chi connectivity index (χ1) is 30.2. The van der Waals surface area contributed by atoms with Crippen LogP contribution in [0.2, 0.25) is 0 Å². The van der Waals surface area contributed by atoms with Crippen molar-refractivity contribution in [3.8, 4) is 61.3 Å². The zero-order valence-electron chi connectivity index (χ0n) is 35.3. The van der Waals surface area contributed by atoms with Crippen LogP contribution in [0.25, 0.3) is 105 Å². The highest BCUT2D eigenvalue weighted by Gasteiger charge is 2.36. The van der Waals surface area contributed by atoms with Crippen LogP contribution in [0.15, 0.2) is 192 Å². The van der Waals surface area contributed by atoms with Crippen molar-refractivity contribution >= 4 is 43.7 Å². The number of hydrogen-bond donors (Lipinski definition) is 0. The lowest BCUT2D eigenvalue weighted by atomic mass is 9.81. The highest BCUT2D eigenvalue weighted by Crippen LogP contribution is 2.51. The monoisotopic (exact) mass is 793 g/mol. The van der Waals surface area contributed by atoms with E-state index in [1.807, 2.05) is 6.07 Å². The highest BCUT2D eigenvalue weighted by molar-refractivity contribution is 6.12. The van der Waals surface area contributed by atoms with Crippen LogP contribution in [0.5, 0.6) is 0 Å². The molecule has 2 nitrogen and oxygen atoms in total. The van der Waals surface area contributed by atoms with Crippen LogP contribution < -0.4 is 0 Å². The highest BCUT2D eigenvalue weighted by atomic mass is 16.3. The minimum absolute atomic E-state index is 0.0815. The van der Waals surface area contributed by atoms with Crippen molar-refractivity contribution in [2.75, 3.05) is 0 Å². The third kappa shape index (κ3) is 4.86. The van der Waals surface area contributed by atoms with Crippen molar-refractivity contribution in [3.63, 3.8) is 0 Å². The molecule has 2 aliphatic carbocycles. The van der Waals surface area contributed by atoms with Crippen LogP contribution in [0.1, 0.15) is 49.9 Å². The first-order valence-electron chi connectivity index (χ1n) is 21.8. The van der Waals surface area contributed by atoms with Gasteiger partial charge in [0, 0.05) is 43.6 Å². The molecule has 0 atom stereocenters. The lowest BCUT2D eigenvalue weighted by molar-refractivity contribution is 0.660. The van der Waals surface area contributed by atoms with E-state index in [0.29, 0.717) is 0 Å². The summed E-state index contributed by atoms with van der Waals surface area (Å²) in [6, 6.07) is 69.9. The standard InChI is InChI=1S/C60H43NO/c1-59(2)51-20-9-5-14-43(51)45-27-24-37(34-53(45)59)39-30-38(31-40(32-39)42-18-13-19-49-48-17-8-12-23-57(48)62-58(42)49)36-25-29-56-50(33-36)47-16-7-11-22-55(47)61(56)41-26-28-46-44-15-6-10-21-52(44)60(3,4)54(46)35-41/h5-35H,1-4H3. The molecule has 0 spiro atoms. The van der Waals surface area contributed by atoms with Crippen LogP contribution in [-0.2, 0) is 10.8 Å². The van der Waals surface area contributed by atoms with Crippen LogP contribution in [-0.4, -0.2) is 4.57 Å². The predicted molar refractivity (Wildman–Crippen MR) is 259 cm³/mol. The normalized spacial score (nSPS) is 14.4. The van der Waals surface area contributed by atoms with Crippen LogP contribution in [0.3, 0.4) is 0 Å². The Balaban J connectivity index is 1.01. The van der Waals surface area contributed by atoms with Crippen molar-refractivity contribution < 1.29 is 4.42 Å². The summed E-state index contributed by atoms with van der Waals surface area (Å²) in [5.74, 6) is 0. The molecule has 62 heavy (non-hydrogen) atoms. The van der Waals surface area contributed by atoms with Gasteiger partial charge in [-0.25, -0.2) is 0 Å². The number of fused-ring (bicyclic) bond motifs is 12. The van der Waals surface area contributed by atoms with Crippen LogP contribution >= 0.6 is 0 Å². The number of nitrogens with zero attached hydrogens (tertiary/aromatic N) is 1. The molecule has 0 N–H and O–H groups in total. The summed E-state index contributed by atoms with van der Waals surface area (Å²) in [4.78, 5) is 0. The van der Waals surface area contributed by atoms with Gasteiger partial charge in [-0.1, -0.05) is 155 Å². The van der Waals surface area contributed by atoms with E-state index in [1.54, 1.807) is 0 Å². The van der Waals surface area contributed by atoms with Crippen LogP contribution in [0, 0.1) is 0 Å². The Morgan fingerprint density at radius 2 is 0.871 bits per heavy atom. The smallest absolute Gasteiger partial charge is 0.143 e. The minimum atomic E-state index is -0.0972. The first kappa shape index (κ1) is 35.3. The molecule has 294 valence electrons. The molecule has 2 heterocycles. The van der Waals surface area contributed by atoms with Crippen LogP contribution in [0.4, 0.5) is 0 Å². The summed E-state index contributed by atoms with van der Waals surface area (Å²) in [7, 11) is 0. The molecule has 2 aromatic heterocycles. The Kier molecular flexibility index (Phi) is 7.16. The largest absolute Gasteiger partial charge is 0.455 e. The van der Waals surface area contributed by atoms with Gasteiger partial charge in [0.2, 0.25) is 0 Å². The summed E-state index contributed by atoms with van der Waals surface area (Å²) in [6.07, 6.45) is 0. The summed E-state index contributed by atoms with van der Waals surface area (Å²) in [5.41, 5.74) is 23.1. The van der Waals surface area contributed by atoms with Crippen molar-refractivity contribution in [2.45, 2.75) is 38.5 Å². The SMILES string of the molecule is CC1(C)c2ccccc2-c2ccc(-c3cc(-c4ccc5c(c4)c4ccccc4n5-c4ccc5c(c4)C(C)(C)c4ccccc4-5)cc(-c4cccc5c4oc4ccccc45)c3)cc21. The molecule has 0 bridgehead atoms. The second kappa shape index (κ2) is 12.6. The number of aromatic nitrogens is 1. The molecule has 2 aliphatic rings. The maximum atomic E-state index is 6.66. The third-order valence-corrected chi connectivity index (χ3v) is 14.4. The molecule has 0 saturated carbocycles. The molecule has 11 aromatic rings. The second-order valence-corrected chi connectivity index (χ2v) is 18.5. The predicted octanol–water partition coefficient (Wildman–Crippen LogP) is 16.3. The summed E-state index contributed by atoms with van der Waals surface area (Å²) in [5, 5.41) is 4.76. The fraction of sp³-hybridized carbons (Fsp3) is 0.100. The van der Waals surface area contributed by atoms with Gasteiger partial charge in [-0.2, -0.15) is 0 Å². The molecule has 0 saturated heterocycles. The second-order valence-electron chi connectivity index (χ2n) is 18.5. The lowest BCUT2D eigenvalue weighted by Crippen LogP contribution is -2.15. The van der Waals surface area contributed by atoms with E-state index in [2.05, 4.69) is 214 Å². The molecule has 0 aliphatic heterocycles. The minimum Gasteiger partial charge on any atom is -0.455 e. The Bertz CT molecular complexity index is 3700. The van der Waals surface area contributed by atoms with E-state index < -0.39 is 0 Å². The molecule has 0 amide bonds.